The number of hydrogen-bond donors (Lipinski definition) is 1. The first-order chi connectivity index (χ1) is 7.29. The summed E-state index contributed by atoms with van der Waals surface area (Å²) in [4.78, 5) is 4.05. The number of nitrogens with one attached hydrogen (secondary N) is 1. The zero-order chi connectivity index (χ0) is 10.7. The number of hydrogen-bond acceptors (Lipinski definition) is 3. The van der Waals surface area contributed by atoms with Crippen molar-refractivity contribution in [1.29, 1.82) is 5.26 Å². The highest BCUT2D eigenvalue weighted by molar-refractivity contribution is 5.12. The summed E-state index contributed by atoms with van der Waals surface area (Å²) in [6, 6.07) is 2.85. The van der Waals surface area contributed by atoms with Crippen molar-refractivity contribution in [3.05, 3.63) is 18.7 Å². The van der Waals surface area contributed by atoms with E-state index < -0.39 is 0 Å². The summed E-state index contributed by atoms with van der Waals surface area (Å²) in [5, 5.41) is 12.5. The molecule has 4 nitrogen and oxygen atoms in total. The summed E-state index contributed by atoms with van der Waals surface area (Å²) < 4.78 is 2.11. The average molecular weight is 204 g/mol. The van der Waals surface area contributed by atoms with E-state index in [-0.39, 0.29) is 5.54 Å². The first kappa shape index (κ1) is 10.2. The quantitative estimate of drug-likeness (QED) is 0.811. The molecule has 2 unspecified atom stereocenters. The van der Waals surface area contributed by atoms with E-state index in [0.29, 0.717) is 6.04 Å². The van der Waals surface area contributed by atoms with Crippen molar-refractivity contribution in [2.75, 3.05) is 6.54 Å². The third-order valence-electron chi connectivity index (χ3n) is 3.16. The maximum atomic E-state index is 9.23. The molecule has 2 rings (SSSR count). The lowest BCUT2D eigenvalue weighted by Crippen LogP contribution is -2.41. The van der Waals surface area contributed by atoms with Crippen LogP contribution in [0.25, 0.3) is 0 Å². The Morgan fingerprint density at radius 2 is 2.60 bits per heavy atom. The van der Waals surface area contributed by atoms with Gasteiger partial charge in [-0.3, -0.25) is 5.32 Å². The minimum atomic E-state index is -0.316. The van der Waals surface area contributed by atoms with Gasteiger partial charge < -0.3 is 4.57 Å². The molecule has 4 heteroatoms. The smallest absolute Gasteiger partial charge is 0.108 e. The van der Waals surface area contributed by atoms with E-state index in [2.05, 4.69) is 20.9 Å². The molecule has 2 atom stereocenters. The summed E-state index contributed by atoms with van der Waals surface area (Å²) in [6.45, 7) is 2.90. The maximum absolute atomic E-state index is 9.23. The molecular formula is C11H16N4. The zero-order valence-corrected chi connectivity index (χ0v) is 8.98. The lowest BCUT2D eigenvalue weighted by molar-refractivity contribution is 0.409. The Labute approximate surface area is 89.9 Å². The Hall–Kier alpha value is -1.34. The fraction of sp³-hybridized carbons (Fsp3) is 0.636. The van der Waals surface area contributed by atoms with Crippen molar-refractivity contribution in [1.82, 2.24) is 14.9 Å². The zero-order valence-electron chi connectivity index (χ0n) is 8.98. The third-order valence-corrected chi connectivity index (χ3v) is 3.16. The predicted octanol–water partition coefficient (Wildman–Crippen LogP) is 1.48. The molecule has 1 N–H and O–H groups in total. The molecule has 1 heterocycles. The van der Waals surface area contributed by atoms with Gasteiger partial charge in [0.1, 0.15) is 5.54 Å². The summed E-state index contributed by atoms with van der Waals surface area (Å²) in [5.74, 6) is 0. The maximum Gasteiger partial charge on any atom is 0.108 e. The molecule has 1 aliphatic carbocycles. The standard InChI is InChI=1S/C11H16N4/c1-2-14-11(8-12)4-3-10(7-11)15-6-5-13-9-15/h5-6,9-10,14H,2-4,7H2,1H3. The van der Waals surface area contributed by atoms with Crippen LogP contribution in [0.15, 0.2) is 18.7 Å². The molecule has 0 aromatic carbocycles. The van der Waals surface area contributed by atoms with Crippen molar-refractivity contribution in [3.8, 4) is 6.07 Å². The third kappa shape index (κ3) is 1.88. The van der Waals surface area contributed by atoms with E-state index in [1.54, 1.807) is 6.20 Å². The van der Waals surface area contributed by atoms with Gasteiger partial charge in [-0.25, -0.2) is 4.98 Å². The van der Waals surface area contributed by atoms with Crippen LogP contribution in [0.2, 0.25) is 0 Å². The number of aromatic nitrogens is 2. The van der Waals surface area contributed by atoms with E-state index in [1.165, 1.54) is 0 Å². The van der Waals surface area contributed by atoms with Gasteiger partial charge in [0.05, 0.1) is 12.4 Å². The number of nitriles is 1. The van der Waals surface area contributed by atoms with Crippen LogP contribution in [0.4, 0.5) is 0 Å². The molecule has 1 aromatic rings. The molecule has 0 aliphatic heterocycles. The monoisotopic (exact) mass is 204 g/mol. The first-order valence-corrected chi connectivity index (χ1v) is 5.43. The Balaban J connectivity index is 2.09. The van der Waals surface area contributed by atoms with E-state index in [9.17, 15) is 5.26 Å². The second kappa shape index (κ2) is 4.03. The second-order valence-corrected chi connectivity index (χ2v) is 4.13. The van der Waals surface area contributed by atoms with Crippen LogP contribution in [-0.4, -0.2) is 21.6 Å². The summed E-state index contributed by atoms with van der Waals surface area (Å²) in [6.07, 6.45) is 8.47. The fourth-order valence-electron chi connectivity index (χ4n) is 2.40. The molecule has 0 bridgehead atoms. The van der Waals surface area contributed by atoms with Crippen molar-refractivity contribution in [2.45, 2.75) is 37.8 Å². The molecule has 1 fully saturated rings. The molecule has 80 valence electrons. The van der Waals surface area contributed by atoms with Gasteiger partial charge in [0.2, 0.25) is 0 Å². The Morgan fingerprint density at radius 1 is 1.73 bits per heavy atom. The number of rotatable bonds is 3. The summed E-state index contributed by atoms with van der Waals surface area (Å²) in [5.41, 5.74) is -0.316. The van der Waals surface area contributed by atoms with Crippen LogP contribution < -0.4 is 5.32 Å². The van der Waals surface area contributed by atoms with Gasteiger partial charge in [-0.05, 0) is 25.8 Å². The van der Waals surface area contributed by atoms with Gasteiger partial charge in [-0.2, -0.15) is 5.26 Å². The van der Waals surface area contributed by atoms with E-state index in [1.807, 2.05) is 19.4 Å². The second-order valence-electron chi connectivity index (χ2n) is 4.13. The topological polar surface area (TPSA) is 53.6 Å². The molecule has 1 aliphatic rings. The van der Waals surface area contributed by atoms with Gasteiger partial charge in [0.15, 0.2) is 0 Å². The predicted molar refractivity (Wildman–Crippen MR) is 57.1 cm³/mol. The first-order valence-electron chi connectivity index (χ1n) is 5.43. The summed E-state index contributed by atoms with van der Waals surface area (Å²) in [7, 11) is 0. The van der Waals surface area contributed by atoms with Gasteiger partial charge in [0.25, 0.3) is 0 Å². The van der Waals surface area contributed by atoms with Crippen LogP contribution >= 0.6 is 0 Å². The largest absolute Gasteiger partial charge is 0.334 e. The molecule has 0 radical (unpaired) electrons. The normalized spacial score (nSPS) is 30.3. The molecule has 1 saturated carbocycles. The van der Waals surface area contributed by atoms with E-state index in [0.717, 1.165) is 25.8 Å². The van der Waals surface area contributed by atoms with Gasteiger partial charge in [0, 0.05) is 18.4 Å². The van der Waals surface area contributed by atoms with Crippen LogP contribution in [0.5, 0.6) is 0 Å². The molecule has 0 amide bonds. The van der Waals surface area contributed by atoms with Crippen molar-refractivity contribution in [2.24, 2.45) is 0 Å². The van der Waals surface area contributed by atoms with Crippen LogP contribution in [0.3, 0.4) is 0 Å². The van der Waals surface area contributed by atoms with E-state index in [4.69, 9.17) is 0 Å². The van der Waals surface area contributed by atoms with Crippen LogP contribution in [0, 0.1) is 11.3 Å². The summed E-state index contributed by atoms with van der Waals surface area (Å²) >= 11 is 0. The number of imidazole rings is 1. The van der Waals surface area contributed by atoms with Crippen molar-refractivity contribution < 1.29 is 0 Å². The molecule has 15 heavy (non-hydrogen) atoms. The minimum absolute atomic E-state index is 0.316. The van der Waals surface area contributed by atoms with Crippen molar-refractivity contribution in [3.63, 3.8) is 0 Å². The van der Waals surface area contributed by atoms with Gasteiger partial charge >= 0.3 is 0 Å². The number of nitrogens with zero attached hydrogens (tertiary/aromatic N) is 3. The minimum Gasteiger partial charge on any atom is -0.334 e. The average Bonchev–Trinajstić information content (AvgIpc) is 2.86. The Kier molecular flexibility index (Phi) is 2.74. The van der Waals surface area contributed by atoms with Crippen LogP contribution in [-0.2, 0) is 0 Å². The highest BCUT2D eigenvalue weighted by Crippen LogP contribution is 2.37. The lowest BCUT2D eigenvalue weighted by atomic mass is 9.99. The van der Waals surface area contributed by atoms with E-state index >= 15 is 0 Å². The molecule has 0 spiro atoms. The highest BCUT2D eigenvalue weighted by atomic mass is 15.1. The molecule has 1 aromatic heterocycles. The van der Waals surface area contributed by atoms with Crippen molar-refractivity contribution >= 4 is 0 Å². The fourth-order valence-corrected chi connectivity index (χ4v) is 2.40. The molecule has 0 saturated heterocycles. The SMILES string of the molecule is CCNC1(C#N)CCC(n2ccnc2)C1. The van der Waals surface area contributed by atoms with Gasteiger partial charge in [-0.1, -0.05) is 6.92 Å². The lowest BCUT2D eigenvalue weighted by Gasteiger charge is -2.21. The van der Waals surface area contributed by atoms with Gasteiger partial charge in [-0.15, -0.1) is 0 Å². The molecular weight excluding hydrogens is 188 g/mol. The van der Waals surface area contributed by atoms with Crippen LogP contribution in [0.1, 0.15) is 32.2 Å². The highest BCUT2D eigenvalue weighted by Gasteiger charge is 2.39. The Bertz CT molecular complexity index is 351. The Morgan fingerprint density at radius 3 is 3.20 bits per heavy atom.